The molecule has 0 bridgehead atoms. The largest absolute Gasteiger partial charge is 0.378 e. The summed E-state index contributed by atoms with van der Waals surface area (Å²) in [4.78, 5) is 31.0. The van der Waals surface area contributed by atoms with E-state index < -0.39 is 0 Å². The van der Waals surface area contributed by atoms with E-state index >= 15 is 0 Å². The molecule has 2 aromatic rings. The number of carbonyl (C=O) groups excluding carboxylic acids is 2. The number of hydrogen-bond acceptors (Lipinski definition) is 4. The molecule has 27 heavy (non-hydrogen) atoms. The van der Waals surface area contributed by atoms with Crippen molar-refractivity contribution in [3.8, 4) is 0 Å². The average molecular weight is 369 g/mol. The molecule has 144 valence electrons. The van der Waals surface area contributed by atoms with Gasteiger partial charge in [0.05, 0.1) is 5.69 Å². The highest BCUT2D eigenvalue weighted by molar-refractivity contribution is 5.94. The van der Waals surface area contributed by atoms with Crippen molar-refractivity contribution in [2.45, 2.75) is 19.9 Å². The maximum absolute atomic E-state index is 12.8. The summed E-state index contributed by atoms with van der Waals surface area (Å²) in [5.41, 5.74) is 2.65. The molecule has 1 aliphatic rings. The predicted octanol–water partition coefficient (Wildman–Crippen LogP) is 1.63. The van der Waals surface area contributed by atoms with Crippen LogP contribution in [0.15, 0.2) is 36.5 Å². The van der Waals surface area contributed by atoms with Crippen LogP contribution in [0.25, 0.3) is 0 Å². The van der Waals surface area contributed by atoms with Gasteiger partial charge in [0.25, 0.3) is 5.91 Å². The molecular formula is C20H27N5O2. The van der Waals surface area contributed by atoms with Crippen molar-refractivity contribution in [2.75, 3.05) is 45.2 Å². The van der Waals surface area contributed by atoms with Gasteiger partial charge in [-0.05, 0) is 43.7 Å². The highest BCUT2D eigenvalue weighted by Gasteiger charge is 2.23. The highest BCUT2D eigenvalue weighted by atomic mass is 16.2. The molecule has 1 aromatic heterocycles. The number of carbonyl (C=O) groups is 2. The van der Waals surface area contributed by atoms with E-state index in [4.69, 9.17) is 0 Å². The number of hydrogen-bond donors (Lipinski definition) is 0. The van der Waals surface area contributed by atoms with Crippen LogP contribution in [0.3, 0.4) is 0 Å². The lowest BCUT2D eigenvalue weighted by Crippen LogP contribution is -2.38. The van der Waals surface area contributed by atoms with Crippen LogP contribution < -0.4 is 4.90 Å². The monoisotopic (exact) mass is 369 g/mol. The van der Waals surface area contributed by atoms with E-state index in [0.717, 1.165) is 17.8 Å². The molecule has 0 N–H and O–H groups in total. The third-order valence-electron chi connectivity index (χ3n) is 4.84. The van der Waals surface area contributed by atoms with Crippen LogP contribution in [0.2, 0.25) is 0 Å². The van der Waals surface area contributed by atoms with Gasteiger partial charge in [0.1, 0.15) is 6.54 Å². The number of benzene rings is 1. The molecule has 1 aromatic carbocycles. The van der Waals surface area contributed by atoms with Gasteiger partial charge >= 0.3 is 0 Å². The number of anilines is 1. The van der Waals surface area contributed by atoms with Gasteiger partial charge in [-0.3, -0.25) is 14.3 Å². The quantitative estimate of drug-likeness (QED) is 0.822. The van der Waals surface area contributed by atoms with Gasteiger partial charge < -0.3 is 14.7 Å². The number of rotatable bonds is 4. The van der Waals surface area contributed by atoms with Crippen molar-refractivity contribution in [1.82, 2.24) is 19.6 Å². The average Bonchev–Trinajstić information content (AvgIpc) is 2.92. The summed E-state index contributed by atoms with van der Waals surface area (Å²) in [6.07, 6.45) is 2.60. The summed E-state index contributed by atoms with van der Waals surface area (Å²) in [6, 6.07) is 9.52. The standard InChI is InChI=1S/C20H27N5O2/c1-16-9-12-25(21-16)15-19(26)23-10-4-11-24(14-13-23)20(27)17-5-7-18(8-6-17)22(2)3/h5-9,12H,4,10-11,13-15H2,1-3H3. The van der Waals surface area contributed by atoms with Gasteiger partial charge in [0, 0.05) is 57.7 Å². The molecule has 2 amide bonds. The normalized spacial score (nSPS) is 14.8. The van der Waals surface area contributed by atoms with E-state index in [-0.39, 0.29) is 18.4 Å². The third kappa shape index (κ3) is 4.67. The molecule has 0 aliphatic carbocycles. The van der Waals surface area contributed by atoms with Crippen molar-refractivity contribution < 1.29 is 9.59 Å². The van der Waals surface area contributed by atoms with Crippen molar-refractivity contribution in [3.05, 3.63) is 47.8 Å². The lowest BCUT2D eigenvalue weighted by Gasteiger charge is -2.22. The Kier molecular flexibility index (Phi) is 5.78. The predicted molar refractivity (Wildman–Crippen MR) is 105 cm³/mol. The molecule has 2 heterocycles. The molecule has 0 saturated carbocycles. The molecule has 0 unspecified atom stereocenters. The Morgan fingerprint density at radius 1 is 1.00 bits per heavy atom. The first-order valence-electron chi connectivity index (χ1n) is 9.28. The fourth-order valence-corrected chi connectivity index (χ4v) is 3.24. The fourth-order valence-electron chi connectivity index (χ4n) is 3.24. The zero-order valence-electron chi connectivity index (χ0n) is 16.3. The molecule has 7 nitrogen and oxygen atoms in total. The van der Waals surface area contributed by atoms with Gasteiger partial charge in [-0.2, -0.15) is 5.10 Å². The Bertz CT molecular complexity index is 797. The molecule has 0 radical (unpaired) electrons. The van der Waals surface area contributed by atoms with E-state index in [9.17, 15) is 9.59 Å². The first kappa shape index (κ1) is 18.9. The molecule has 7 heteroatoms. The maximum Gasteiger partial charge on any atom is 0.253 e. The van der Waals surface area contributed by atoms with Crippen molar-refractivity contribution in [3.63, 3.8) is 0 Å². The van der Waals surface area contributed by atoms with Crippen LogP contribution in [-0.2, 0) is 11.3 Å². The second-order valence-electron chi connectivity index (χ2n) is 7.12. The SMILES string of the molecule is Cc1ccn(CC(=O)N2CCCN(C(=O)c3ccc(N(C)C)cc3)CC2)n1. The summed E-state index contributed by atoms with van der Waals surface area (Å²) in [5, 5.41) is 4.27. The summed E-state index contributed by atoms with van der Waals surface area (Å²) in [7, 11) is 3.95. The van der Waals surface area contributed by atoms with Crippen LogP contribution in [-0.4, -0.2) is 71.7 Å². The molecule has 0 spiro atoms. The summed E-state index contributed by atoms with van der Waals surface area (Å²) < 4.78 is 1.66. The van der Waals surface area contributed by atoms with Gasteiger partial charge in [-0.1, -0.05) is 0 Å². The van der Waals surface area contributed by atoms with Gasteiger partial charge in [0.2, 0.25) is 5.91 Å². The minimum Gasteiger partial charge on any atom is -0.378 e. The Labute approximate surface area is 160 Å². The van der Waals surface area contributed by atoms with Crippen LogP contribution in [0, 0.1) is 6.92 Å². The number of amides is 2. The van der Waals surface area contributed by atoms with Crippen molar-refractivity contribution in [1.29, 1.82) is 0 Å². The zero-order valence-corrected chi connectivity index (χ0v) is 16.3. The second kappa shape index (κ2) is 8.24. The molecule has 3 rings (SSSR count). The Morgan fingerprint density at radius 2 is 1.67 bits per heavy atom. The Balaban J connectivity index is 1.58. The van der Waals surface area contributed by atoms with Gasteiger partial charge in [-0.15, -0.1) is 0 Å². The van der Waals surface area contributed by atoms with E-state index in [0.29, 0.717) is 31.7 Å². The van der Waals surface area contributed by atoms with Gasteiger partial charge in [-0.25, -0.2) is 0 Å². The van der Waals surface area contributed by atoms with Crippen LogP contribution >= 0.6 is 0 Å². The third-order valence-corrected chi connectivity index (χ3v) is 4.84. The molecule has 1 saturated heterocycles. The van der Waals surface area contributed by atoms with Crippen LogP contribution in [0.4, 0.5) is 5.69 Å². The number of nitrogens with zero attached hydrogens (tertiary/aromatic N) is 5. The summed E-state index contributed by atoms with van der Waals surface area (Å²) >= 11 is 0. The smallest absolute Gasteiger partial charge is 0.253 e. The highest BCUT2D eigenvalue weighted by Crippen LogP contribution is 2.15. The molecular weight excluding hydrogens is 342 g/mol. The minimum absolute atomic E-state index is 0.0253. The second-order valence-corrected chi connectivity index (χ2v) is 7.12. The lowest BCUT2D eigenvalue weighted by molar-refractivity contribution is -0.131. The van der Waals surface area contributed by atoms with Crippen molar-refractivity contribution >= 4 is 17.5 Å². The van der Waals surface area contributed by atoms with E-state index in [1.54, 1.807) is 4.68 Å². The number of aryl methyl sites for hydroxylation is 1. The zero-order chi connectivity index (χ0) is 19.4. The van der Waals surface area contributed by atoms with Crippen molar-refractivity contribution in [2.24, 2.45) is 0 Å². The Hall–Kier alpha value is -2.83. The molecule has 1 aliphatic heterocycles. The van der Waals surface area contributed by atoms with E-state index in [1.807, 2.05) is 72.2 Å². The topological polar surface area (TPSA) is 61.7 Å². The van der Waals surface area contributed by atoms with Crippen LogP contribution in [0.5, 0.6) is 0 Å². The summed E-state index contributed by atoms with van der Waals surface area (Å²) in [6.45, 7) is 4.59. The maximum atomic E-state index is 12.8. The minimum atomic E-state index is 0.0253. The van der Waals surface area contributed by atoms with Gasteiger partial charge in [0.15, 0.2) is 0 Å². The first-order chi connectivity index (χ1) is 12.9. The molecule has 0 atom stereocenters. The fraction of sp³-hybridized carbons (Fsp3) is 0.450. The molecule has 1 fully saturated rings. The van der Waals surface area contributed by atoms with E-state index in [1.165, 1.54) is 0 Å². The van der Waals surface area contributed by atoms with E-state index in [2.05, 4.69) is 5.10 Å². The van der Waals surface area contributed by atoms with Crippen LogP contribution in [0.1, 0.15) is 22.5 Å². The Morgan fingerprint density at radius 3 is 2.30 bits per heavy atom. The first-order valence-corrected chi connectivity index (χ1v) is 9.28. The summed E-state index contributed by atoms with van der Waals surface area (Å²) in [5.74, 6) is 0.0695. The lowest BCUT2D eigenvalue weighted by atomic mass is 10.1. The number of aromatic nitrogens is 2.